The molecule has 0 aromatic rings. The van der Waals surface area contributed by atoms with Crippen molar-refractivity contribution < 1.29 is 38.1 Å². The lowest BCUT2D eigenvalue weighted by Gasteiger charge is -2.49. The largest absolute Gasteiger partial charge is 0.384 e. The molecule has 8 heteroatoms. The topological polar surface area (TPSA) is 77.4 Å². The Balaban J connectivity index is 0.000000300. The van der Waals surface area contributed by atoms with Gasteiger partial charge in [-0.3, -0.25) is 0 Å². The molecule has 2 N–H and O–H groups in total. The average molecular weight is 437 g/mol. The van der Waals surface area contributed by atoms with Gasteiger partial charge in [-0.1, -0.05) is 13.8 Å². The van der Waals surface area contributed by atoms with Gasteiger partial charge in [-0.25, -0.2) is 0 Å². The van der Waals surface area contributed by atoms with Gasteiger partial charge in [-0.15, -0.1) is 0 Å². The Hall–Kier alpha value is -0.320. The Morgan fingerprint density at radius 1 is 0.600 bits per heavy atom. The summed E-state index contributed by atoms with van der Waals surface area (Å²) in [5, 5.41) is 20.0. The van der Waals surface area contributed by atoms with Crippen LogP contribution in [-0.2, 0) is 18.9 Å². The predicted molar refractivity (Wildman–Crippen MR) is 117 cm³/mol. The van der Waals surface area contributed by atoms with Gasteiger partial charge in [0, 0.05) is 20.1 Å². The van der Waals surface area contributed by atoms with Crippen molar-refractivity contribution in [3.8, 4) is 0 Å². The molecule has 0 aromatic carbocycles. The molecule has 10 atom stereocenters. The summed E-state index contributed by atoms with van der Waals surface area (Å²) in [7, 11) is 15.8. The molecule has 0 aliphatic carbocycles. The van der Waals surface area contributed by atoms with Crippen LogP contribution in [0.4, 0.5) is 0 Å². The van der Waals surface area contributed by atoms with Crippen molar-refractivity contribution in [1.82, 2.24) is 0 Å². The zero-order chi connectivity index (χ0) is 23.6. The smallest absolute Gasteiger partial charge is 0.189 e. The zero-order valence-electron chi connectivity index (χ0n) is 21.2. The summed E-state index contributed by atoms with van der Waals surface area (Å²) >= 11 is 0. The molecule has 2 aliphatic heterocycles. The number of hydrogen-bond donors (Lipinski definition) is 2. The van der Waals surface area contributed by atoms with Gasteiger partial charge in [0.15, 0.2) is 18.7 Å². The first kappa shape index (κ1) is 27.7. The van der Waals surface area contributed by atoms with Crippen molar-refractivity contribution in [3.05, 3.63) is 0 Å². The number of nitrogens with zero attached hydrogens (tertiary/aromatic N) is 2. The number of methoxy groups -OCH3 is 2. The van der Waals surface area contributed by atoms with E-state index in [-0.39, 0.29) is 24.5 Å². The molecular weight excluding hydrogens is 388 g/mol. The first-order valence-corrected chi connectivity index (χ1v) is 10.9. The third-order valence-corrected chi connectivity index (χ3v) is 6.66. The SMILES string of the molecule is COC1OC(C)[C@@H](C)C([N+](C)(C)C)C1C.COC1OC(C)[C@@H](O)C([N+](C)(C)C)C1O. The normalized spacial score (nSPS) is 43.0. The second kappa shape index (κ2) is 10.5. The van der Waals surface area contributed by atoms with Gasteiger partial charge < -0.3 is 38.1 Å². The van der Waals surface area contributed by atoms with Crippen molar-refractivity contribution in [2.24, 2.45) is 11.8 Å². The van der Waals surface area contributed by atoms with Gasteiger partial charge in [-0.05, 0) is 13.8 Å². The molecule has 8 unspecified atom stereocenters. The van der Waals surface area contributed by atoms with Gasteiger partial charge in [0.05, 0.1) is 60.4 Å². The van der Waals surface area contributed by atoms with E-state index in [1.807, 2.05) is 21.1 Å². The van der Waals surface area contributed by atoms with E-state index in [0.717, 1.165) is 4.48 Å². The Morgan fingerprint density at radius 2 is 1.03 bits per heavy atom. The highest BCUT2D eigenvalue weighted by Crippen LogP contribution is 2.35. The zero-order valence-corrected chi connectivity index (χ0v) is 21.2. The van der Waals surface area contributed by atoms with E-state index >= 15 is 0 Å². The predicted octanol–water partition coefficient (Wildman–Crippen LogP) is 0.899. The number of hydrogen-bond acceptors (Lipinski definition) is 6. The van der Waals surface area contributed by atoms with Crippen LogP contribution in [-0.4, -0.2) is 125 Å². The van der Waals surface area contributed by atoms with Crippen molar-refractivity contribution in [3.63, 3.8) is 0 Å². The van der Waals surface area contributed by atoms with Crippen LogP contribution in [0.15, 0.2) is 0 Å². The molecule has 180 valence electrons. The molecule has 8 nitrogen and oxygen atoms in total. The van der Waals surface area contributed by atoms with Crippen LogP contribution >= 0.6 is 0 Å². The molecule has 0 spiro atoms. The number of rotatable bonds is 4. The van der Waals surface area contributed by atoms with Crippen LogP contribution in [0.25, 0.3) is 0 Å². The second-order valence-electron chi connectivity index (χ2n) is 10.8. The van der Waals surface area contributed by atoms with E-state index < -0.39 is 18.5 Å². The van der Waals surface area contributed by atoms with Crippen molar-refractivity contribution in [2.45, 2.75) is 76.8 Å². The third-order valence-electron chi connectivity index (χ3n) is 6.66. The highest BCUT2D eigenvalue weighted by molar-refractivity contribution is 4.88. The number of ether oxygens (including phenoxy) is 4. The van der Waals surface area contributed by atoms with E-state index in [1.165, 1.54) is 7.11 Å². The summed E-state index contributed by atoms with van der Waals surface area (Å²) in [4.78, 5) is 0. The van der Waals surface area contributed by atoms with Crippen LogP contribution in [0, 0.1) is 11.8 Å². The van der Waals surface area contributed by atoms with Gasteiger partial charge in [0.25, 0.3) is 0 Å². The van der Waals surface area contributed by atoms with E-state index in [4.69, 9.17) is 18.9 Å². The summed E-state index contributed by atoms with van der Waals surface area (Å²) in [6.07, 6.45) is -2.29. The molecular formula is C22H48N2O6+2. The summed E-state index contributed by atoms with van der Waals surface area (Å²) in [5.74, 6) is 0.993. The monoisotopic (exact) mass is 436 g/mol. The lowest BCUT2D eigenvalue weighted by molar-refractivity contribution is -0.907. The number of likely N-dealkylation sites (N-methyl/N-ethyl adjacent to an activating group) is 1. The molecule has 2 saturated heterocycles. The molecule has 2 heterocycles. The minimum Gasteiger partial charge on any atom is -0.384 e. The second-order valence-corrected chi connectivity index (χ2v) is 10.8. The molecule has 0 bridgehead atoms. The van der Waals surface area contributed by atoms with Crippen LogP contribution in [0.2, 0.25) is 0 Å². The summed E-state index contributed by atoms with van der Waals surface area (Å²) < 4.78 is 23.1. The fourth-order valence-corrected chi connectivity index (χ4v) is 5.18. The number of quaternary nitrogens is 2. The molecule has 2 aliphatic rings. The molecule has 0 radical (unpaired) electrons. The number of aliphatic hydroxyl groups is 2. The van der Waals surface area contributed by atoms with Crippen LogP contribution < -0.4 is 0 Å². The Kier molecular flexibility index (Phi) is 9.73. The van der Waals surface area contributed by atoms with Crippen molar-refractivity contribution in [2.75, 3.05) is 56.5 Å². The fourth-order valence-electron chi connectivity index (χ4n) is 5.18. The Morgan fingerprint density at radius 3 is 1.43 bits per heavy atom. The van der Waals surface area contributed by atoms with Gasteiger partial charge in [-0.2, -0.15) is 0 Å². The minimum atomic E-state index is -0.818. The molecule has 30 heavy (non-hydrogen) atoms. The maximum absolute atomic E-state index is 10.0. The first-order valence-electron chi connectivity index (χ1n) is 10.9. The molecule has 0 amide bonds. The van der Waals surface area contributed by atoms with Crippen LogP contribution in [0.5, 0.6) is 0 Å². The van der Waals surface area contributed by atoms with E-state index in [0.29, 0.717) is 22.4 Å². The average Bonchev–Trinajstić information content (AvgIpc) is 2.59. The van der Waals surface area contributed by atoms with E-state index in [9.17, 15) is 10.2 Å². The third kappa shape index (κ3) is 6.36. The first-order chi connectivity index (χ1) is 13.6. The standard InChI is InChI=1S/C12H26NO2.C10H22NO4/c1-8-10(3)15-12(14-7)9(2)11(8)13(4,5)6;1-6-8(12)7(11(2,3)4)9(13)10(14-5)15-6/h8-12H,1-7H3;6-10,12-13H,1-5H3/q2*+1/t8-,9?,10?,11?,12?;6?,7?,8-,9?,10?/m11/s1. The maximum Gasteiger partial charge on any atom is 0.189 e. The summed E-state index contributed by atoms with van der Waals surface area (Å²) in [5.41, 5.74) is 0. The lowest BCUT2D eigenvalue weighted by Crippen LogP contribution is -2.67. The highest BCUT2D eigenvalue weighted by atomic mass is 16.7. The minimum absolute atomic E-state index is 0.0569. The maximum atomic E-state index is 10.0. The highest BCUT2D eigenvalue weighted by Gasteiger charge is 2.50. The quantitative estimate of drug-likeness (QED) is 0.638. The van der Waals surface area contributed by atoms with Gasteiger partial charge in [0.2, 0.25) is 0 Å². The van der Waals surface area contributed by atoms with Crippen LogP contribution in [0.3, 0.4) is 0 Å². The molecule has 2 fully saturated rings. The van der Waals surface area contributed by atoms with E-state index in [1.54, 1.807) is 14.0 Å². The van der Waals surface area contributed by atoms with Crippen LogP contribution in [0.1, 0.15) is 27.7 Å². The number of aliphatic hydroxyl groups excluding tert-OH is 2. The van der Waals surface area contributed by atoms with Crippen molar-refractivity contribution in [1.29, 1.82) is 0 Å². The van der Waals surface area contributed by atoms with E-state index in [2.05, 4.69) is 41.9 Å². The van der Waals surface area contributed by atoms with Gasteiger partial charge in [0.1, 0.15) is 18.2 Å². The Labute approximate surface area is 183 Å². The Bertz CT molecular complexity index is 475. The fraction of sp³-hybridized carbons (Fsp3) is 1.00. The molecule has 0 aromatic heterocycles. The molecule has 2 rings (SSSR count). The summed E-state index contributed by atoms with van der Waals surface area (Å²) in [6, 6.07) is 0.275. The molecule has 0 saturated carbocycles. The van der Waals surface area contributed by atoms with Crippen molar-refractivity contribution >= 4 is 0 Å². The lowest BCUT2D eigenvalue weighted by atomic mass is 9.82. The van der Waals surface area contributed by atoms with Gasteiger partial charge >= 0.3 is 0 Å². The summed E-state index contributed by atoms with van der Waals surface area (Å²) in [6.45, 7) is 8.43.